The van der Waals surface area contributed by atoms with Crippen molar-refractivity contribution in [1.82, 2.24) is 0 Å². The number of aromatic hydroxyl groups is 1. The summed E-state index contributed by atoms with van der Waals surface area (Å²) >= 11 is 0. The van der Waals surface area contributed by atoms with Gasteiger partial charge in [-0.2, -0.15) is 0 Å². The van der Waals surface area contributed by atoms with E-state index in [0.29, 0.717) is 5.56 Å². The van der Waals surface area contributed by atoms with Crippen molar-refractivity contribution in [3.05, 3.63) is 58.7 Å². The van der Waals surface area contributed by atoms with Gasteiger partial charge in [0.15, 0.2) is 5.82 Å². The smallest absolute Gasteiger partial charge is 0.255 e. The van der Waals surface area contributed by atoms with Gasteiger partial charge in [-0.25, -0.2) is 8.78 Å². The first-order chi connectivity index (χ1) is 9.40. The van der Waals surface area contributed by atoms with Crippen LogP contribution in [0.3, 0.4) is 0 Å². The van der Waals surface area contributed by atoms with Crippen molar-refractivity contribution in [2.75, 3.05) is 5.32 Å². The summed E-state index contributed by atoms with van der Waals surface area (Å²) < 4.78 is 27.3. The molecule has 5 heteroatoms. The predicted octanol–water partition coefficient (Wildman–Crippen LogP) is 3.54. The van der Waals surface area contributed by atoms with E-state index in [1.54, 1.807) is 13.0 Å². The Kier molecular flexibility index (Phi) is 3.70. The molecule has 104 valence electrons. The molecule has 0 aliphatic heterocycles. The van der Waals surface area contributed by atoms with Crippen LogP contribution in [0.1, 0.15) is 21.5 Å². The Labute approximate surface area is 114 Å². The lowest BCUT2D eigenvalue weighted by molar-refractivity contribution is 0.102. The van der Waals surface area contributed by atoms with Crippen LogP contribution >= 0.6 is 0 Å². The van der Waals surface area contributed by atoms with Gasteiger partial charge in [0.05, 0.1) is 0 Å². The third kappa shape index (κ3) is 2.61. The molecule has 0 heterocycles. The van der Waals surface area contributed by atoms with Crippen LogP contribution in [0.5, 0.6) is 5.75 Å². The summed E-state index contributed by atoms with van der Waals surface area (Å²) in [6.45, 7) is 3.15. The minimum absolute atomic E-state index is 0.0529. The first-order valence-corrected chi connectivity index (χ1v) is 5.95. The molecule has 0 aliphatic carbocycles. The molecule has 0 bridgehead atoms. The third-order valence-electron chi connectivity index (χ3n) is 2.99. The second-order valence-electron chi connectivity index (χ2n) is 4.51. The highest BCUT2D eigenvalue weighted by molar-refractivity contribution is 6.04. The topological polar surface area (TPSA) is 49.3 Å². The van der Waals surface area contributed by atoms with E-state index in [9.17, 15) is 18.7 Å². The molecule has 3 nitrogen and oxygen atoms in total. The van der Waals surface area contributed by atoms with Gasteiger partial charge in [-0.15, -0.1) is 0 Å². The monoisotopic (exact) mass is 277 g/mol. The molecule has 20 heavy (non-hydrogen) atoms. The number of hydrogen-bond acceptors (Lipinski definition) is 2. The van der Waals surface area contributed by atoms with E-state index in [2.05, 4.69) is 5.32 Å². The molecule has 0 saturated heterocycles. The number of rotatable bonds is 2. The summed E-state index contributed by atoms with van der Waals surface area (Å²) in [7, 11) is 0. The highest BCUT2D eigenvalue weighted by Crippen LogP contribution is 2.23. The zero-order chi connectivity index (χ0) is 14.9. The molecular formula is C15H13F2NO2. The van der Waals surface area contributed by atoms with E-state index in [4.69, 9.17) is 0 Å². The lowest BCUT2D eigenvalue weighted by Crippen LogP contribution is -2.14. The van der Waals surface area contributed by atoms with Gasteiger partial charge in [-0.05, 0) is 43.2 Å². The molecule has 0 atom stereocenters. The Bertz CT molecular complexity index is 684. The Hall–Kier alpha value is -2.43. The Morgan fingerprint density at radius 1 is 1.10 bits per heavy atom. The molecule has 0 aliphatic rings. The number of anilines is 1. The summed E-state index contributed by atoms with van der Waals surface area (Å²) in [5.41, 5.74) is 0.464. The lowest BCUT2D eigenvalue weighted by Gasteiger charge is -2.10. The molecule has 2 aromatic rings. The van der Waals surface area contributed by atoms with E-state index in [1.807, 2.05) is 0 Å². The normalized spacial score (nSPS) is 10.4. The molecule has 0 spiro atoms. The third-order valence-corrected chi connectivity index (χ3v) is 2.99. The predicted molar refractivity (Wildman–Crippen MR) is 71.9 cm³/mol. The maximum Gasteiger partial charge on any atom is 0.255 e. The molecule has 2 N–H and O–H groups in total. The molecule has 0 radical (unpaired) electrons. The van der Waals surface area contributed by atoms with E-state index >= 15 is 0 Å². The second kappa shape index (κ2) is 5.28. The number of benzene rings is 2. The summed E-state index contributed by atoms with van der Waals surface area (Å²) in [4.78, 5) is 11.9. The summed E-state index contributed by atoms with van der Waals surface area (Å²) in [6, 6.07) is 6.64. The Balaban J connectivity index is 2.32. The van der Waals surface area contributed by atoms with E-state index in [0.717, 1.165) is 6.07 Å². The standard InChI is InChI=1S/C15H13F2NO2/c1-8-3-5-10(7-12(8)19)15(20)18-14-11(16)6-4-9(2)13(14)17/h3-7,19H,1-2H3,(H,18,20). The number of amides is 1. The first kappa shape index (κ1) is 14.0. The van der Waals surface area contributed by atoms with Crippen LogP contribution in [0.15, 0.2) is 30.3 Å². The van der Waals surface area contributed by atoms with Gasteiger partial charge in [0.25, 0.3) is 5.91 Å². The van der Waals surface area contributed by atoms with Gasteiger partial charge < -0.3 is 10.4 Å². The zero-order valence-corrected chi connectivity index (χ0v) is 11.0. The molecular weight excluding hydrogens is 264 g/mol. The maximum atomic E-state index is 13.8. The van der Waals surface area contributed by atoms with Crippen molar-refractivity contribution < 1.29 is 18.7 Å². The number of carbonyl (C=O) groups is 1. The van der Waals surface area contributed by atoms with Crippen molar-refractivity contribution >= 4 is 11.6 Å². The van der Waals surface area contributed by atoms with Gasteiger partial charge in [-0.1, -0.05) is 12.1 Å². The van der Waals surface area contributed by atoms with Crippen molar-refractivity contribution in [3.8, 4) is 5.75 Å². The van der Waals surface area contributed by atoms with Gasteiger partial charge in [0.2, 0.25) is 0 Å². The summed E-state index contributed by atoms with van der Waals surface area (Å²) in [5.74, 6) is -2.40. The number of phenols is 1. The highest BCUT2D eigenvalue weighted by atomic mass is 19.1. The zero-order valence-electron chi connectivity index (χ0n) is 11.0. The van der Waals surface area contributed by atoms with Crippen LogP contribution in [-0.4, -0.2) is 11.0 Å². The van der Waals surface area contributed by atoms with Gasteiger partial charge in [0, 0.05) is 5.56 Å². The fourth-order valence-electron chi connectivity index (χ4n) is 1.71. The molecule has 2 aromatic carbocycles. The van der Waals surface area contributed by atoms with Crippen molar-refractivity contribution in [1.29, 1.82) is 0 Å². The van der Waals surface area contributed by atoms with Crippen LogP contribution < -0.4 is 5.32 Å². The van der Waals surface area contributed by atoms with Crippen molar-refractivity contribution in [2.45, 2.75) is 13.8 Å². The average Bonchev–Trinajstić information content (AvgIpc) is 2.42. The summed E-state index contributed by atoms with van der Waals surface area (Å²) in [6.07, 6.45) is 0. The highest BCUT2D eigenvalue weighted by Gasteiger charge is 2.16. The van der Waals surface area contributed by atoms with Crippen LogP contribution in [0, 0.1) is 25.5 Å². The van der Waals surface area contributed by atoms with E-state index in [1.165, 1.54) is 25.1 Å². The number of carbonyl (C=O) groups excluding carboxylic acids is 1. The SMILES string of the molecule is Cc1ccc(C(=O)Nc2c(F)ccc(C)c2F)cc1O. The van der Waals surface area contributed by atoms with E-state index in [-0.39, 0.29) is 16.9 Å². The maximum absolute atomic E-state index is 13.8. The molecule has 0 fully saturated rings. The fourth-order valence-corrected chi connectivity index (χ4v) is 1.71. The van der Waals surface area contributed by atoms with Gasteiger partial charge >= 0.3 is 0 Å². The number of phenolic OH excluding ortho intramolecular Hbond substituents is 1. The molecule has 0 unspecified atom stereocenters. The van der Waals surface area contributed by atoms with Crippen LogP contribution in [0.2, 0.25) is 0 Å². The van der Waals surface area contributed by atoms with Crippen molar-refractivity contribution in [2.24, 2.45) is 0 Å². The van der Waals surface area contributed by atoms with E-state index < -0.39 is 23.2 Å². The van der Waals surface area contributed by atoms with Crippen molar-refractivity contribution in [3.63, 3.8) is 0 Å². The molecule has 0 saturated carbocycles. The number of aryl methyl sites for hydroxylation is 2. The Morgan fingerprint density at radius 3 is 2.40 bits per heavy atom. The Morgan fingerprint density at radius 2 is 1.75 bits per heavy atom. The van der Waals surface area contributed by atoms with Crippen LogP contribution in [0.4, 0.5) is 14.5 Å². The molecule has 1 amide bonds. The molecule has 0 aromatic heterocycles. The minimum Gasteiger partial charge on any atom is -0.508 e. The van der Waals surface area contributed by atoms with Crippen LogP contribution in [-0.2, 0) is 0 Å². The lowest BCUT2D eigenvalue weighted by atomic mass is 10.1. The number of nitrogens with one attached hydrogen (secondary N) is 1. The van der Waals surface area contributed by atoms with Crippen LogP contribution in [0.25, 0.3) is 0 Å². The average molecular weight is 277 g/mol. The number of halogens is 2. The minimum atomic E-state index is -0.849. The largest absolute Gasteiger partial charge is 0.508 e. The van der Waals surface area contributed by atoms with Gasteiger partial charge in [0.1, 0.15) is 17.3 Å². The second-order valence-corrected chi connectivity index (χ2v) is 4.51. The molecule has 2 rings (SSSR count). The first-order valence-electron chi connectivity index (χ1n) is 5.95. The quantitative estimate of drug-likeness (QED) is 0.882. The fraction of sp³-hybridized carbons (Fsp3) is 0.133. The number of hydrogen-bond donors (Lipinski definition) is 2. The summed E-state index contributed by atoms with van der Waals surface area (Å²) in [5, 5.41) is 11.7. The van der Waals surface area contributed by atoms with Gasteiger partial charge in [-0.3, -0.25) is 4.79 Å².